The number of imidazole rings is 1. The van der Waals surface area contributed by atoms with E-state index >= 15 is 0 Å². The van der Waals surface area contributed by atoms with Gasteiger partial charge in [0, 0.05) is 52.6 Å². The van der Waals surface area contributed by atoms with E-state index in [-0.39, 0.29) is 34.7 Å². The molecule has 3 rings (SSSR count). The monoisotopic (exact) mass is 479 g/mol. The van der Waals surface area contributed by atoms with E-state index in [2.05, 4.69) is 21.5 Å². The van der Waals surface area contributed by atoms with E-state index < -0.39 is 10.0 Å². The number of aryl methyl sites for hydroxylation is 1. The number of anilines is 1. The summed E-state index contributed by atoms with van der Waals surface area (Å²) in [5.74, 6) is 0.302. The number of benzene rings is 1. The first-order valence-electron chi connectivity index (χ1n) is 10.8. The van der Waals surface area contributed by atoms with Crippen LogP contribution in [0.5, 0.6) is 5.75 Å². The zero-order chi connectivity index (χ0) is 24.3. The largest absolute Gasteiger partial charge is 0.491 e. The molecule has 0 unspecified atom stereocenters. The van der Waals surface area contributed by atoms with Gasteiger partial charge < -0.3 is 18.9 Å². The van der Waals surface area contributed by atoms with Gasteiger partial charge in [-0.25, -0.2) is 4.98 Å². The molecule has 33 heavy (non-hydrogen) atoms. The Morgan fingerprint density at radius 3 is 2.55 bits per heavy atom. The highest BCUT2D eigenvalue weighted by Crippen LogP contribution is 2.27. The average molecular weight is 480 g/mol. The molecule has 3 atom stereocenters. The Kier molecular flexibility index (Phi) is 7.65. The summed E-state index contributed by atoms with van der Waals surface area (Å²) in [5.41, 5.74) is 0.641. The molecule has 1 aliphatic rings. The summed E-state index contributed by atoms with van der Waals surface area (Å²) in [6.07, 6.45) is 2.70. The molecule has 1 aromatic carbocycles. The van der Waals surface area contributed by atoms with Gasteiger partial charge >= 0.3 is 0 Å². The molecule has 0 bridgehead atoms. The van der Waals surface area contributed by atoms with Gasteiger partial charge in [-0.1, -0.05) is 6.92 Å². The number of methoxy groups -OCH3 is 1. The molecule has 0 fully saturated rings. The Hall–Kier alpha value is -2.63. The van der Waals surface area contributed by atoms with Crippen molar-refractivity contribution in [2.24, 2.45) is 13.0 Å². The normalized spacial score (nSPS) is 23.3. The fraction of sp³-hybridized carbons (Fsp3) is 0.545. The van der Waals surface area contributed by atoms with Gasteiger partial charge in [0.2, 0.25) is 0 Å². The molecule has 1 aromatic heterocycles. The highest BCUT2D eigenvalue weighted by Gasteiger charge is 2.27. The molecule has 0 saturated carbocycles. The molecule has 2 heterocycles. The summed E-state index contributed by atoms with van der Waals surface area (Å²) in [7, 11) is 3.22. The molecular formula is C22H33N5O5S. The van der Waals surface area contributed by atoms with Crippen molar-refractivity contribution in [2.45, 2.75) is 31.0 Å². The number of carbonyl (C=O) groups is 1. The summed E-state index contributed by atoms with van der Waals surface area (Å²) in [6.45, 7) is 5.69. The van der Waals surface area contributed by atoms with Crippen molar-refractivity contribution in [3.8, 4) is 5.75 Å². The maximum Gasteiger partial charge on any atom is 0.280 e. The number of sulfonamides is 1. The Balaban J connectivity index is 1.94. The number of likely N-dealkylation sites (N-methyl/N-ethyl adjacent to an activating group) is 2. The Bertz CT molecular complexity index is 1090. The minimum absolute atomic E-state index is 0.0685. The second-order valence-electron chi connectivity index (χ2n) is 8.73. The number of hydrogen-bond donors (Lipinski definition) is 1. The maximum absolute atomic E-state index is 13.2. The van der Waals surface area contributed by atoms with E-state index in [4.69, 9.17) is 9.47 Å². The predicted molar refractivity (Wildman–Crippen MR) is 125 cm³/mol. The second kappa shape index (κ2) is 10.1. The maximum atomic E-state index is 13.2. The molecule has 2 aromatic rings. The summed E-state index contributed by atoms with van der Waals surface area (Å²) in [6, 6.07) is 4.73. The van der Waals surface area contributed by atoms with Crippen LogP contribution in [0, 0.1) is 5.92 Å². The lowest BCUT2D eigenvalue weighted by Gasteiger charge is -2.34. The fourth-order valence-electron chi connectivity index (χ4n) is 3.75. The smallest absolute Gasteiger partial charge is 0.280 e. The van der Waals surface area contributed by atoms with Gasteiger partial charge in [0.05, 0.1) is 23.7 Å². The number of nitrogens with one attached hydrogen (secondary N) is 1. The fourth-order valence-corrected chi connectivity index (χ4v) is 4.78. The number of nitrogens with zero attached hydrogens (tertiary/aromatic N) is 4. The number of carbonyl (C=O) groups excluding carboxylic acids is 1. The number of amides is 1. The van der Waals surface area contributed by atoms with Gasteiger partial charge in [0.1, 0.15) is 12.4 Å². The number of hydrogen-bond acceptors (Lipinski definition) is 7. The van der Waals surface area contributed by atoms with E-state index in [9.17, 15) is 13.2 Å². The molecule has 1 amide bonds. The number of aromatic nitrogens is 2. The van der Waals surface area contributed by atoms with Crippen molar-refractivity contribution >= 4 is 21.6 Å². The zero-order valence-electron chi connectivity index (χ0n) is 20.0. The third-order valence-corrected chi connectivity index (χ3v) is 7.23. The summed E-state index contributed by atoms with van der Waals surface area (Å²) in [5, 5.41) is -0.0931. The zero-order valence-corrected chi connectivity index (χ0v) is 20.8. The van der Waals surface area contributed by atoms with Crippen molar-refractivity contribution < 1.29 is 22.7 Å². The molecule has 10 nitrogen and oxygen atoms in total. The molecule has 0 radical (unpaired) electrons. The van der Waals surface area contributed by atoms with Crippen molar-refractivity contribution in [3.05, 3.63) is 36.3 Å². The molecule has 182 valence electrons. The first-order valence-corrected chi connectivity index (χ1v) is 12.3. The van der Waals surface area contributed by atoms with Crippen LogP contribution in [0.25, 0.3) is 0 Å². The third-order valence-electron chi connectivity index (χ3n) is 5.97. The molecular weight excluding hydrogens is 446 g/mol. The summed E-state index contributed by atoms with van der Waals surface area (Å²) < 4.78 is 41.1. The Morgan fingerprint density at radius 1 is 1.18 bits per heavy atom. The van der Waals surface area contributed by atoms with E-state index in [1.165, 1.54) is 18.6 Å². The molecule has 1 N–H and O–H groups in total. The van der Waals surface area contributed by atoms with E-state index in [1.54, 1.807) is 42.8 Å². The predicted octanol–water partition coefficient (Wildman–Crippen LogP) is 1.66. The van der Waals surface area contributed by atoms with Crippen LogP contribution in [0.15, 0.2) is 35.7 Å². The lowest BCUT2D eigenvalue weighted by atomic mass is 10.0. The van der Waals surface area contributed by atoms with Crippen molar-refractivity contribution in [2.75, 3.05) is 45.6 Å². The van der Waals surface area contributed by atoms with Crippen LogP contribution >= 0.6 is 0 Å². The van der Waals surface area contributed by atoms with Gasteiger partial charge in [-0.3, -0.25) is 14.4 Å². The lowest BCUT2D eigenvalue weighted by Crippen LogP contribution is -2.45. The van der Waals surface area contributed by atoms with Crippen molar-refractivity contribution in [3.63, 3.8) is 0 Å². The van der Waals surface area contributed by atoms with Crippen LogP contribution in [-0.4, -0.2) is 86.7 Å². The molecule has 1 aliphatic heterocycles. The Labute approximate surface area is 195 Å². The number of ether oxygens (including phenoxy) is 2. The van der Waals surface area contributed by atoms with Gasteiger partial charge in [0.25, 0.3) is 15.9 Å². The molecule has 0 spiro atoms. The van der Waals surface area contributed by atoms with E-state index in [0.717, 1.165) is 6.54 Å². The first kappa shape index (κ1) is 25.0. The molecule has 0 aliphatic carbocycles. The van der Waals surface area contributed by atoms with Crippen LogP contribution in [0.1, 0.15) is 24.2 Å². The minimum atomic E-state index is -3.88. The van der Waals surface area contributed by atoms with Crippen molar-refractivity contribution in [1.82, 2.24) is 19.4 Å². The number of rotatable bonds is 4. The van der Waals surface area contributed by atoms with Crippen molar-refractivity contribution in [1.29, 1.82) is 0 Å². The van der Waals surface area contributed by atoms with Crippen LogP contribution in [0.4, 0.5) is 5.69 Å². The van der Waals surface area contributed by atoms with Gasteiger partial charge in [-0.15, -0.1) is 0 Å². The van der Waals surface area contributed by atoms with Crippen LogP contribution in [0.2, 0.25) is 0 Å². The molecule has 0 saturated heterocycles. The summed E-state index contributed by atoms with van der Waals surface area (Å²) >= 11 is 0. The number of fused-ring (bicyclic) bond motifs is 1. The second-order valence-corrected chi connectivity index (χ2v) is 10.4. The van der Waals surface area contributed by atoms with Gasteiger partial charge in [-0.2, -0.15) is 8.42 Å². The first-order chi connectivity index (χ1) is 15.5. The highest BCUT2D eigenvalue weighted by molar-refractivity contribution is 7.92. The van der Waals surface area contributed by atoms with Crippen LogP contribution < -0.4 is 9.46 Å². The van der Waals surface area contributed by atoms with E-state index in [0.29, 0.717) is 24.5 Å². The molecule has 11 heteroatoms. The van der Waals surface area contributed by atoms with Gasteiger partial charge in [-0.05, 0) is 32.0 Å². The standard InChI is InChI=1S/C22H33N5O5S/c1-15-10-26(4)16(2)13-32-19-9-17(24-33(29,30)21-12-25(3)14-23-21)7-8-18(19)22(28)27(5)11-20(15)31-6/h7-9,12,14-16,20,24H,10-11,13H2,1-6H3/t15-,16-,20+/m1/s1. The minimum Gasteiger partial charge on any atom is -0.491 e. The lowest BCUT2D eigenvalue weighted by molar-refractivity contribution is 0.0150. The van der Waals surface area contributed by atoms with Crippen LogP contribution in [0.3, 0.4) is 0 Å². The Morgan fingerprint density at radius 2 is 1.91 bits per heavy atom. The van der Waals surface area contributed by atoms with E-state index in [1.807, 2.05) is 14.0 Å². The summed E-state index contributed by atoms with van der Waals surface area (Å²) in [4.78, 5) is 20.9. The average Bonchev–Trinajstić information content (AvgIpc) is 3.21. The topological polar surface area (TPSA) is 106 Å². The SMILES string of the molecule is CO[C@H]1CN(C)C(=O)c2ccc(NS(=O)(=O)c3cn(C)cn3)cc2OC[C@@H](C)N(C)C[C@H]1C. The quantitative estimate of drug-likeness (QED) is 0.711. The van der Waals surface area contributed by atoms with Crippen LogP contribution in [-0.2, 0) is 21.8 Å². The van der Waals surface area contributed by atoms with Gasteiger partial charge in [0.15, 0.2) is 5.03 Å². The highest BCUT2D eigenvalue weighted by atomic mass is 32.2. The third kappa shape index (κ3) is 5.84.